The van der Waals surface area contributed by atoms with E-state index in [1.54, 1.807) is 0 Å². The van der Waals surface area contributed by atoms with E-state index in [0.29, 0.717) is 6.54 Å². The van der Waals surface area contributed by atoms with Crippen LogP contribution in [-0.2, 0) is 19.5 Å². The smallest absolute Gasteiger partial charge is 0.244 e. The van der Waals surface area contributed by atoms with Crippen molar-refractivity contribution >= 4 is 16.6 Å². The summed E-state index contributed by atoms with van der Waals surface area (Å²) in [6.45, 7) is 1.10. The number of carbonyl (C=O) groups excluding carboxylic acids is 1. The van der Waals surface area contributed by atoms with Crippen molar-refractivity contribution < 1.29 is 31.1 Å². The van der Waals surface area contributed by atoms with Crippen molar-refractivity contribution in [2.24, 2.45) is 0 Å². The van der Waals surface area contributed by atoms with Gasteiger partial charge in [-0.3, -0.25) is 4.79 Å². The minimum absolute atomic E-state index is 0. The summed E-state index contributed by atoms with van der Waals surface area (Å²) in [5, 5.41) is 2.24. The van der Waals surface area contributed by atoms with E-state index in [9.17, 15) is 4.79 Å². The van der Waals surface area contributed by atoms with Crippen molar-refractivity contribution in [1.29, 1.82) is 0 Å². The maximum Gasteiger partial charge on any atom is 0.244 e. The molecule has 29 heavy (non-hydrogen) atoms. The number of hydrogen-bond donors (Lipinski definition) is 0. The maximum absolute atomic E-state index is 12.7. The fraction of sp³-hybridized carbons (Fsp3) is 0.167. The summed E-state index contributed by atoms with van der Waals surface area (Å²) in [7, 11) is 0. The number of aromatic nitrogens is 2. The highest BCUT2D eigenvalue weighted by Crippen LogP contribution is 2.28. The second-order valence-electron chi connectivity index (χ2n) is 7.32. The minimum atomic E-state index is 0. The molecule has 0 bridgehead atoms. The second kappa shape index (κ2) is 8.21. The molecule has 0 saturated heterocycles. The topological polar surface area (TPSA) is 35.1 Å². The Hall–Kier alpha value is -2.92. The number of benzene rings is 3. The lowest BCUT2D eigenvalue weighted by Gasteiger charge is -2.07. The van der Waals surface area contributed by atoms with Gasteiger partial charge in [-0.1, -0.05) is 54.6 Å². The van der Waals surface area contributed by atoms with Gasteiger partial charge >= 0.3 is 0 Å². The Bertz CT molecular complexity index is 1140. The van der Waals surface area contributed by atoms with Crippen LogP contribution in [0.15, 0.2) is 85.5 Å². The average molecular weight is 449 g/mol. The van der Waals surface area contributed by atoms with Gasteiger partial charge in [0.25, 0.3) is 0 Å². The van der Waals surface area contributed by atoms with Crippen LogP contribution in [0.2, 0.25) is 0 Å². The molecule has 5 rings (SSSR count). The lowest BCUT2D eigenvalue weighted by Crippen LogP contribution is -3.00. The van der Waals surface area contributed by atoms with Crippen LogP contribution < -0.4 is 26.3 Å². The fourth-order valence-electron chi connectivity index (χ4n) is 3.85. The molecule has 0 spiro atoms. The first-order valence-corrected chi connectivity index (χ1v) is 9.56. The zero-order valence-electron chi connectivity index (χ0n) is 15.9. The summed E-state index contributed by atoms with van der Waals surface area (Å²) in [5.41, 5.74) is 2.01. The highest BCUT2D eigenvalue weighted by Gasteiger charge is 2.24. The molecule has 1 aliphatic rings. The largest absolute Gasteiger partial charge is 1.00 e. The van der Waals surface area contributed by atoms with Gasteiger partial charge in [-0.25, -0.2) is 9.13 Å². The van der Waals surface area contributed by atoms with Crippen LogP contribution in [-0.4, -0.2) is 16.5 Å². The lowest BCUT2D eigenvalue weighted by molar-refractivity contribution is -0.682. The third kappa shape index (κ3) is 4.10. The van der Waals surface area contributed by atoms with E-state index in [1.807, 2.05) is 77.9 Å². The molecular weight excluding hydrogens is 428 g/mol. The van der Waals surface area contributed by atoms with Crippen molar-refractivity contribution in [3.05, 3.63) is 96.6 Å². The number of rotatable bonds is 5. The van der Waals surface area contributed by atoms with Crippen LogP contribution in [0, 0.1) is 0 Å². The molecule has 4 nitrogen and oxygen atoms in total. The zero-order chi connectivity index (χ0) is 18.9. The molecule has 0 aliphatic carbocycles. The van der Waals surface area contributed by atoms with Gasteiger partial charge in [-0.2, -0.15) is 0 Å². The monoisotopic (exact) mass is 448 g/mol. The highest BCUT2D eigenvalue weighted by atomic mass is 79.9. The van der Waals surface area contributed by atoms with Crippen LogP contribution in [0.4, 0.5) is 0 Å². The molecule has 5 heteroatoms. The number of nitrogens with zero attached hydrogens (tertiary/aromatic N) is 2. The molecule has 2 heterocycles. The first-order chi connectivity index (χ1) is 13.7. The first kappa shape index (κ1) is 19.4. The molecule has 0 fully saturated rings. The predicted octanol–water partition coefficient (Wildman–Crippen LogP) is 0.819. The van der Waals surface area contributed by atoms with E-state index in [4.69, 9.17) is 4.74 Å². The van der Waals surface area contributed by atoms with Crippen molar-refractivity contribution in [2.75, 3.05) is 0 Å². The zero-order valence-corrected chi connectivity index (χ0v) is 17.5. The van der Waals surface area contributed by atoms with Crippen LogP contribution >= 0.6 is 0 Å². The third-order valence-electron chi connectivity index (χ3n) is 5.27. The van der Waals surface area contributed by atoms with Gasteiger partial charge in [0.05, 0.1) is 0 Å². The minimum Gasteiger partial charge on any atom is -1.00 e. The molecule has 146 valence electrons. The summed E-state index contributed by atoms with van der Waals surface area (Å²) < 4.78 is 10.0. The van der Waals surface area contributed by atoms with E-state index in [-0.39, 0.29) is 28.9 Å². The van der Waals surface area contributed by atoms with Crippen molar-refractivity contribution in [1.82, 2.24) is 4.57 Å². The summed E-state index contributed by atoms with van der Waals surface area (Å²) in [6.07, 6.45) is 6.98. The third-order valence-corrected chi connectivity index (χ3v) is 5.27. The number of carbonyl (C=O) groups is 1. The number of fused-ring (bicyclic) bond motifs is 2. The number of para-hydroxylation sites is 1. The van der Waals surface area contributed by atoms with Crippen LogP contribution in [0.5, 0.6) is 5.75 Å². The van der Waals surface area contributed by atoms with Crippen molar-refractivity contribution in [2.45, 2.75) is 25.6 Å². The molecule has 3 aromatic carbocycles. The van der Waals surface area contributed by atoms with Gasteiger partial charge in [0.1, 0.15) is 30.8 Å². The van der Waals surface area contributed by atoms with Gasteiger partial charge in [0.2, 0.25) is 12.1 Å². The fourth-order valence-corrected chi connectivity index (χ4v) is 3.85. The molecular formula is C24H21BrN2O2. The van der Waals surface area contributed by atoms with E-state index in [1.165, 1.54) is 5.56 Å². The van der Waals surface area contributed by atoms with Crippen LogP contribution in [0.1, 0.15) is 15.9 Å². The van der Waals surface area contributed by atoms with E-state index in [2.05, 4.69) is 16.7 Å². The Kier molecular flexibility index (Phi) is 5.49. The SMILES string of the molecule is O=C(C[n+]1ccn(CC2Cc3ccccc3O2)c1)c1ccc2ccccc2c1.[Br-]. The Balaban J connectivity index is 0.00000205. The van der Waals surface area contributed by atoms with Gasteiger partial charge in [0.15, 0.2) is 6.54 Å². The molecule has 0 N–H and O–H groups in total. The molecule has 1 atom stereocenters. The van der Waals surface area contributed by atoms with E-state index >= 15 is 0 Å². The Morgan fingerprint density at radius 2 is 1.83 bits per heavy atom. The van der Waals surface area contributed by atoms with Gasteiger partial charge in [-0.15, -0.1) is 0 Å². The molecule has 4 aromatic rings. The lowest BCUT2D eigenvalue weighted by atomic mass is 10.0. The summed E-state index contributed by atoms with van der Waals surface area (Å²) >= 11 is 0. The Labute approximate surface area is 180 Å². The number of Topliss-reactive ketones (excluding diaryl/α,β-unsaturated/α-hetero) is 1. The highest BCUT2D eigenvalue weighted by molar-refractivity contribution is 5.99. The average Bonchev–Trinajstić information content (AvgIpc) is 3.33. The number of imidazole rings is 1. The molecule has 1 aromatic heterocycles. The van der Waals surface area contributed by atoms with Gasteiger partial charge < -0.3 is 21.7 Å². The molecule has 1 aliphatic heterocycles. The molecule has 0 saturated carbocycles. The second-order valence-corrected chi connectivity index (χ2v) is 7.32. The number of hydrogen-bond acceptors (Lipinski definition) is 2. The van der Waals surface area contributed by atoms with Crippen molar-refractivity contribution in [3.8, 4) is 5.75 Å². The summed E-state index contributed by atoms with van der Waals surface area (Å²) in [5.74, 6) is 1.09. The van der Waals surface area contributed by atoms with Crippen LogP contribution in [0.3, 0.4) is 0 Å². The van der Waals surface area contributed by atoms with Gasteiger partial charge in [-0.05, 0) is 28.5 Å². The summed E-state index contributed by atoms with van der Waals surface area (Å²) in [6, 6.07) is 22.2. The summed E-state index contributed by atoms with van der Waals surface area (Å²) in [4.78, 5) is 12.7. The van der Waals surface area contributed by atoms with Crippen LogP contribution in [0.25, 0.3) is 10.8 Å². The quantitative estimate of drug-likeness (QED) is 0.334. The molecule has 1 unspecified atom stereocenters. The predicted molar refractivity (Wildman–Crippen MR) is 107 cm³/mol. The first-order valence-electron chi connectivity index (χ1n) is 9.56. The van der Waals surface area contributed by atoms with Crippen molar-refractivity contribution in [3.63, 3.8) is 0 Å². The number of halogens is 1. The Morgan fingerprint density at radius 3 is 2.69 bits per heavy atom. The molecule has 0 radical (unpaired) electrons. The number of ether oxygens (including phenoxy) is 1. The van der Waals surface area contributed by atoms with Gasteiger partial charge in [0, 0.05) is 12.0 Å². The van der Waals surface area contributed by atoms with E-state index in [0.717, 1.165) is 35.1 Å². The standard InChI is InChI=1S/C24H21N2O2.BrH/c27-23(20-10-9-18-5-1-2-6-19(18)13-20)16-26-12-11-25(17-26)15-22-14-21-7-3-4-8-24(21)28-22;/h1-13,17,22H,14-16H2;1H/q+1;/p-1. The van der Waals surface area contributed by atoms with E-state index < -0.39 is 0 Å². The molecule has 0 amide bonds. The maximum atomic E-state index is 12.7. The Morgan fingerprint density at radius 1 is 1.03 bits per heavy atom. The normalized spacial score (nSPS) is 14.8. The number of ketones is 1.